The topological polar surface area (TPSA) is 55.4 Å². The van der Waals surface area contributed by atoms with E-state index in [1.165, 1.54) is 6.92 Å². The van der Waals surface area contributed by atoms with Gasteiger partial charge in [0.2, 0.25) is 0 Å². The highest BCUT2D eigenvalue weighted by Crippen LogP contribution is 2.05. The van der Waals surface area contributed by atoms with Crippen LogP contribution in [0.25, 0.3) is 0 Å². The summed E-state index contributed by atoms with van der Waals surface area (Å²) in [5.74, 6) is -0.0263. The van der Waals surface area contributed by atoms with Gasteiger partial charge in [0.15, 0.2) is 5.78 Å². The zero-order valence-electron chi connectivity index (χ0n) is 11.3. The van der Waals surface area contributed by atoms with Crippen LogP contribution >= 0.6 is 9.24 Å². The maximum absolute atomic E-state index is 11.4. The van der Waals surface area contributed by atoms with E-state index in [0.717, 1.165) is 12.6 Å². The number of Topliss-reactive ketones (excluding diaryl/α,β-unsaturated/α-hetero) is 1. The molecule has 0 spiro atoms. The molecule has 18 heavy (non-hydrogen) atoms. The number of ketones is 1. The molecule has 0 fully saturated rings. The standard InChI is InChI=1S/C13H22NO3P/c1-4-11(10(3)15)9-12(5-2)14-13(16)17-7-6-8-18/h4,9H,5-8,18H2,1-3H3,(H,14,16)/b11-4+,12-9+. The van der Waals surface area contributed by atoms with Crippen LogP contribution in [-0.2, 0) is 9.53 Å². The molecule has 1 unspecified atom stereocenters. The van der Waals surface area contributed by atoms with E-state index in [1.807, 2.05) is 6.92 Å². The van der Waals surface area contributed by atoms with E-state index in [-0.39, 0.29) is 5.78 Å². The maximum Gasteiger partial charge on any atom is 0.411 e. The number of carbonyl (C=O) groups is 2. The minimum atomic E-state index is -0.472. The molecule has 0 saturated heterocycles. The van der Waals surface area contributed by atoms with Crippen molar-refractivity contribution >= 4 is 21.1 Å². The normalized spacial score (nSPS) is 12.2. The average molecular weight is 271 g/mol. The quantitative estimate of drug-likeness (QED) is 0.335. The van der Waals surface area contributed by atoms with Gasteiger partial charge in [-0.1, -0.05) is 13.0 Å². The van der Waals surface area contributed by atoms with Crippen LogP contribution in [0.15, 0.2) is 23.4 Å². The smallest absolute Gasteiger partial charge is 0.411 e. The molecule has 0 aliphatic carbocycles. The highest BCUT2D eigenvalue weighted by atomic mass is 31.0. The Balaban J connectivity index is 4.46. The average Bonchev–Trinajstić information content (AvgIpc) is 2.34. The molecule has 5 heteroatoms. The van der Waals surface area contributed by atoms with Crippen LogP contribution in [-0.4, -0.2) is 24.6 Å². The monoisotopic (exact) mass is 271 g/mol. The Morgan fingerprint density at radius 1 is 1.39 bits per heavy atom. The number of hydrogen-bond acceptors (Lipinski definition) is 3. The van der Waals surface area contributed by atoms with Gasteiger partial charge in [-0.15, -0.1) is 9.24 Å². The zero-order chi connectivity index (χ0) is 14.0. The van der Waals surface area contributed by atoms with Gasteiger partial charge >= 0.3 is 6.09 Å². The van der Waals surface area contributed by atoms with E-state index >= 15 is 0 Å². The molecule has 102 valence electrons. The van der Waals surface area contributed by atoms with Crippen molar-refractivity contribution < 1.29 is 14.3 Å². The van der Waals surface area contributed by atoms with Gasteiger partial charge in [-0.25, -0.2) is 4.79 Å². The zero-order valence-corrected chi connectivity index (χ0v) is 12.4. The predicted octanol–water partition coefficient (Wildman–Crippen LogP) is 2.81. The van der Waals surface area contributed by atoms with Gasteiger partial charge in [-0.05, 0) is 38.9 Å². The Labute approximate surface area is 111 Å². The van der Waals surface area contributed by atoms with Crippen molar-refractivity contribution in [1.29, 1.82) is 0 Å². The number of alkyl carbamates (subject to hydrolysis) is 1. The lowest BCUT2D eigenvalue weighted by molar-refractivity contribution is -0.113. The van der Waals surface area contributed by atoms with Crippen molar-refractivity contribution in [3.05, 3.63) is 23.4 Å². The van der Waals surface area contributed by atoms with E-state index in [1.54, 1.807) is 19.1 Å². The number of hydrogen-bond donors (Lipinski definition) is 1. The van der Waals surface area contributed by atoms with Crippen LogP contribution in [0.5, 0.6) is 0 Å². The lowest BCUT2D eigenvalue weighted by atomic mass is 10.1. The number of ether oxygens (including phenoxy) is 1. The molecular weight excluding hydrogens is 249 g/mol. The summed E-state index contributed by atoms with van der Waals surface area (Å²) in [5.41, 5.74) is 1.26. The fourth-order valence-corrected chi connectivity index (χ4v) is 1.38. The number of carbonyl (C=O) groups excluding carboxylic acids is 2. The first kappa shape index (κ1) is 16.9. The van der Waals surface area contributed by atoms with Crippen molar-refractivity contribution in [2.45, 2.75) is 33.6 Å². The molecule has 0 aliphatic rings. The van der Waals surface area contributed by atoms with Gasteiger partial charge in [0.25, 0.3) is 0 Å². The highest BCUT2D eigenvalue weighted by Gasteiger charge is 2.06. The van der Waals surface area contributed by atoms with Crippen LogP contribution in [0.1, 0.15) is 33.6 Å². The summed E-state index contributed by atoms with van der Waals surface area (Å²) in [6.07, 6.45) is 5.27. The lowest BCUT2D eigenvalue weighted by Gasteiger charge is -2.09. The third kappa shape index (κ3) is 7.23. The number of rotatable bonds is 7. The van der Waals surface area contributed by atoms with E-state index < -0.39 is 6.09 Å². The van der Waals surface area contributed by atoms with Gasteiger partial charge in [0.1, 0.15) is 0 Å². The Morgan fingerprint density at radius 2 is 2.06 bits per heavy atom. The summed E-state index contributed by atoms with van der Waals surface area (Å²) in [6, 6.07) is 0. The molecule has 0 bridgehead atoms. The van der Waals surface area contributed by atoms with Crippen molar-refractivity contribution in [1.82, 2.24) is 5.32 Å². The molecule has 0 aromatic carbocycles. The second-order valence-corrected chi connectivity index (χ2v) is 4.30. The third-order valence-electron chi connectivity index (χ3n) is 2.27. The summed E-state index contributed by atoms with van der Waals surface area (Å²) in [4.78, 5) is 22.7. The van der Waals surface area contributed by atoms with Gasteiger partial charge in [-0.2, -0.15) is 0 Å². The van der Waals surface area contributed by atoms with Crippen molar-refractivity contribution in [2.75, 3.05) is 12.8 Å². The fourth-order valence-electron chi connectivity index (χ4n) is 1.22. The summed E-state index contributed by atoms with van der Waals surface area (Å²) in [5, 5.41) is 2.65. The minimum Gasteiger partial charge on any atom is -0.449 e. The van der Waals surface area contributed by atoms with Crippen LogP contribution in [0.3, 0.4) is 0 Å². The molecule has 0 radical (unpaired) electrons. The first-order valence-corrected chi connectivity index (χ1v) is 6.88. The molecular formula is C13H22NO3P. The molecule has 1 atom stereocenters. The molecule has 0 rings (SSSR count). The van der Waals surface area contributed by atoms with Crippen LogP contribution in [0.4, 0.5) is 4.79 Å². The first-order chi connectivity index (χ1) is 8.54. The Hall–Kier alpha value is -1.15. The largest absolute Gasteiger partial charge is 0.449 e. The van der Waals surface area contributed by atoms with E-state index in [0.29, 0.717) is 24.3 Å². The van der Waals surface area contributed by atoms with Crippen LogP contribution in [0.2, 0.25) is 0 Å². The second kappa shape index (κ2) is 9.84. The molecule has 0 heterocycles. The summed E-state index contributed by atoms with van der Waals surface area (Å²) in [7, 11) is 2.57. The Bertz CT molecular complexity index is 348. The number of amides is 1. The van der Waals surface area contributed by atoms with Crippen molar-refractivity contribution in [3.63, 3.8) is 0 Å². The molecule has 1 N–H and O–H groups in total. The van der Waals surface area contributed by atoms with Gasteiger partial charge in [0, 0.05) is 11.3 Å². The van der Waals surface area contributed by atoms with E-state index in [9.17, 15) is 9.59 Å². The maximum atomic E-state index is 11.4. The molecule has 0 aliphatic heterocycles. The molecule has 1 amide bonds. The van der Waals surface area contributed by atoms with Crippen molar-refractivity contribution in [3.8, 4) is 0 Å². The minimum absolute atomic E-state index is 0.0263. The number of allylic oxidation sites excluding steroid dienone is 4. The third-order valence-corrected chi connectivity index (χ3v) is 2.68. The molecule has 0 aromatic rings. The summed E-state index contributed by atoms with van der Waals surface area (Å²) >= 11 is 0. The Morgan fingerprint density at radius 3 is 2.50 bits per heavy atom. The fraction of sp³-hybridized carbons (Fsp3) is 0.538. The first-order valence-electron chi connectivity index (χ1n) is 6.06. The summed E-state index contributed by atoms with van der Waals surface area (Å²) in [6.45, 7) is 5.59. The van der Waals surface area contributed by atoms with Gasteiger partial charge in [-0.3, -0.25) is 10.1 Å². The van der Waals surface area contributed by atoms with E-state index in [4.69, 9.17) is 4.74 Å². The highest BCUT2D eigenvalue weighted by molar-refractivity contribution is 7.16. The SMILES string of the molecule is C/C=C(\C=C(/CC)NC(=O)OCCCP)C(C)=O. The number of nitrogens with one attached hydrogen (secondary N) is 1. The van der Waals surface area contributed by atoms with Gasteiger partial charge < -0.3 is 4.74 Å². The molecule has 0 saturated carbocycles. The molecule has 0 aromatic heterocycles. The van der Waals surface area contributed by atoms with Gasteiger partial charge in [0.05, 0.1) is 6.61 Å². The Kier molecular flexibility index (Phi) is 9.21. The lowest BCUT2D eigenvalue weighted by Crippen LogP contribution is -2.24. The van der Waals surface area contributed by atoms with E-state index in [2.05, 4.69) is 14.6 Å². The van der Waals surface area contributed by atoms with Crippen LogP contribution in [0, 0.1) is 0 Å². The van der Waals surface area contributed by atoms with Crippen LogP contribution < -0.4 is 5.32 Å². The summed E-state index contributed by atoms with van der Waals surface area (Å²) < 4.78 is 4.98. The van der Waals surface area contributed by atoms with Crippen molar-refractivity contribution in [2.24, 2.45) is 0 Å². The molecule has 4 nitrogen and oxygen atoms in total. The second-order valence-electron chi connectivity index (χ2n) is 3.73. The predicted molar refractivity (Wildman–Crippen MR) is 76.5 cm³/mol.